The lowest BCUT2D eigenvalue weighted by Gasteiger charge is -2.32. The summed E-state index contributed by atoms with van der Waals surface area (Å²) in [5.74, 6) is 0.443. The Bertz CT molecular complexity index is 1670. The maximum atomic E-state index is 16.0. The zero-order valence-electron chi connectivity index (χ0n) is 24.2. The molecule has 0 amide bonds. The van der Waals surface area contributed by atoms with Gasteiger partial charge in [0.25, 0.3) is 5.92 Å². The Kier molecular flexibility index (Phi) is 8.15. The number of aromatic nitrogens is 3. The molecule has 2 aromatic heterocycles. The summed E-state index contributed by atoms with van der Waals surface area (Å²) in [4.78, 5) is 17.3. The highest BCUT2D eigenvalue weighted by Gasteiger charge is 2.56. The van der Waals surface area contributed by atoms with Crippen molar-refractivity contribution in [3.63, 3.8) is 0 Å². The van der Waals surface area contributed by atoms with Gasteiger partial charge in [-0.05, 0) is 56.4 Å². The molecule has 2 aliphatic rings. The molecule has 1 aliphatic carbocycles. The van der Waals surface area contributed by atoms with Gasteiger partial charge in [0.1, 0.15) is 22.8 Å². The van der Waals surface area contributed by atoms with Crippen LogP contribution in [-0.4, -0.2) is 71.7 Å². The van der Waals surface area contributed by atoms with Crippen LogP contribution in [0.3, 0.4) is 0 Å². The van der Waals surface area contributed by atoms with Gasteiger partial charge in [0.2, 0.25) is 0 Å². The van der Waals surface area contributed by atoms with E-state index in [0.29, 0.717) is 45.6 Å². The molecule has 1 unspecified atom stereocenters. The number of benzene rings is 2. The highest BCUT2D eigenvalue weighted by Crippen LogP contribution is 2.48. The summed E-state index contributed by atoms with van der Waals surface area (Å²) in [5, 5.41) is 12.2. The molecular weight excluding hydrogens is 543 g/mol. The average molecular weight is 578 g/mol. The Morgan fingerprint density at radius 2 is 2.00 bits per heavy atom. The number of halogens is 3. The minimum Gasteiger partial charge on any atom is -0.508 e. The fourth-order valence-electron chi connectivity index (χ4n) is 5.55. The number of piperidine rings is 1. The SMILES string of the molecule is C#Cc1cccc2cc(O)cc(-c3ncc4c(N5CCC[C@H](C)C5)nc(OC)nc4c3F)c12.CN(C)CC1CC1(F)F. The topological polar surface area (TPSA) is 74.6 Å². The minimum absolute atomic E-state index is 0.00349. The van der Waals surface area contributed by atoms with Crippen molar-refractivity contribution < 1.29 is 23.0 Å². The number of fused-ring (bicyclic) bond motifs is 2. The van der Waals surface area contributed by atoms with Crippen LogP contribution in [0.1, 0.15) is 31.7 Å². The van der Waals surface area contributed by atoms with E-state index in [1.165, 1.54) is 13.2 Å². The largest absolute Gasteiger partial charge is 0.508 e. The number of hydrogen-bond acceptors (Lipinski definition) is 7. The third kappa shape index (κ3) is 5.93. The molecule has 1 saturated carbocycles. The molecule has 3 heterocycles. The number of nitrogens with zero attached hydrogens (tertiary/aromatic N) is 5. The number of phenolic OH excluding ortho intramolecular Hbond substituents is 1. The molecule has 1 aliphatic heterocycles. The van der Waals surface area contributed by atoms with Gasteiger partial charge in [-0.3, -0.25) is 4.98 Å². The molecule has 220 valence electrons. The van der Waals surface area contributed by atoms with Gasteiger partial charge < -0.3 is 19.6 Å². The van der Waals surface area contributed by atoms with Crippen molar-refractivity contribution in [1.29, 1.82) is 0 Å². The number of aromatic hydroxyl groups is 1. The van der Waals surface area contributed by atoms with Crippen molar-refractivity contribution >= 4 is 27.5 Å². The van der Waals surface area contributed by atoms with Crippen LogP contribution in [0.25, 0.3) is 32.9 Å². The summed E-state index contributed by atoms with van der Waals surface area (Å²) in [6.07, 6.45) is 9.58. The standard InChI is InChI=1S/C26H23FN4O2.C6H11F2N/c1-4-16-8-5-9-17-11-18(32)12-19(21(16)17)23-22(27)24-20(13-28-23)25(30-26(29-24)33-3)31-10-6-7-15(2)14-31;1-9(2)4-5-3-6(5,7)8/h1,5,8-9,11-13,15,32H,6-7,10,14H2,2-3H3;5H,3-4H2,1-2H3/t15-;/m0./s1. The number of pyridine rings is 1. The van der Waals surface area contributed by atoms with Crippen LogP contribution < -0.4 is 9.64 Å². The molecule has 2 aromatic carbocycles. The maximum Gasteiger partial charge on any atom is 0.318 e. The summed E-state index contributed by atoms with van der Waals surface area (Å²) in [6, 6.07) is 8.57. The second-order valence-corrected chi connectivity index (χ2v) is 11.4. The quantitative estimate of drug-likeness (QED) is 0.287. The van der Waals surface area contributed by atoms with E-state index in [2.05, 4.69) is 32.7 Å². The lowest BCUT2D eigenvalue weighted by Crippen LogP contribution is -2.35. The van der Waals surface area contributed by atoms with Crippen LogP contribution in [0.15, 0.2) is 36.5 Å². The van der Waals surface area contributed by atoms with Crippen molar-refractivity contribution in [1.82, 2.24) is 19.9 Å². The molecule has 1 saturated heterocycles. The van der Waals surface area contributed by atoms with Crippen LogP contribution >= 0.6 is 0 Å². The normalized spacial score (nSPS) is 19.4. The number of phenols is 1. The molecule has 42 heavy (non-hydrogen) atoms. The summed E-state index contributed by atoms with van der Waals surface area (Å²) < 4.78 is 45.6. The van der Waals surface area contributed by atoms with Gasteiger partial charge in [-0.25, -0.2) is 13.2 Å². The average Bonchev–Trinajstić information content (AvgIpc) is 3.56. The van der Waals surface area contributed by atoms with Gasteiger partial charge in [0, 0.05) is 54.7 Å². The Hall–Kier alpha value is -4.10. The Morgan fingerprint density at radius 3 is 2.62 bits per heavy atom. The van der Waals surface area contributed by atoms with E-state index >= 15 is 4.39 Å². The lowest BCUT2D eigenvalue weighted by atomic mass is 9.96. The van der Waals surface area contributed by atoms with Gasteiger partial charge in [-0.1, -0.05) is 25.0 Å². The predicted molar refractivity (Wildman–Crippen MR) is 159 cm³/mol. The second kappa shape index (κ2) is 11.6. The second-order valence-electron chi connectivity index (χ2n) is 11.4. The van der Waals surface area contributed by atoms with Crippen molar-refractivity contribution in [3.05, 3.63) is 47.9 Å². The first kappa shape index (κ1) is 29.4. The summed E-state index contributed by atoms with van der Waals surface area (Å²) in [6.45, 7) is 4.36. The first-order chi connectivity index (χ1) is 20.0. The number of rotatable bonds is 5. The summed E-state index contributed by atoms with van der Waals surface area (Å²) in [7, 11) is 5.09. The number of anilines is 1. The number of hydrogen-bond donors (Lipinski definition) is 1. The molecule has 2 fully saturated rings. The predicted octanol–water partition coefficient (Wildman–Crippen LogP) is 6.12. The zero-order valence-corrected chi connectivity index (χ0v) is 24.2. The van der Waals surface area contributed by atoms with Crippen LogP contribution in [-0.2, 0) is 0 Å². The highest BCUT2D eigenvalue weighted by molar-refractivity contribution is 6.02. The van der Waals surface area contributed by atoms with Crippen molar-refractivity contribution in [2.24, 2.45) is 11.8 Å². The van der Waals surface area contributed by atoms with E-state index in [0.717, 1.165) is 25.9 Å². The molecule has 4 aromatic rings. The van der Waals surface area contributed by atoms with E-state index in [1.807, 2.05) is 20.2 Å². The summed E-state index contributed by atoms with van der Waals surface area (Å²) >= 11 is 0. The molecule has 0 spiro atoms. The Balaban J connectivity index is 0.000000336. The van der Waals surface area contributed by atoms with Gasteiger partial charge >= 0.3 is 6.01 Å². The lowest BCUT2D eigenvalue weighted by molar-refractivity contribution is 0.0923. The van der Waals surface area contributed by atoms with E-state index in [-0.39, 0.29) is 35.3 Å². The molecule has 2 atom stereocenters. The van der Waals surface area contributed by atoms with Gasteiger partial charge in [-0.15, -0.1) is 6.42 Å². The van der Waals surface area contributed by atoms with Crippen LogP contribution in [0.4, 0.5) is 19.0 Å². The molecule has 6 rings (SSSR count). The van der Waals surface area contributed by atoms with Crippen LogP contribution in [0.5, 0.6) is 11.8 Å². The number of methoxy groups -OCH3 is 1. The number of alkyl halides is 2. The smallest absolute Gasteiger partial charge is 0.318 e. The van der Waals surface area contributed by atoms with Crippen LogP contribution in [0, 0.1) is 30.0 Å². The van der Waals surface area contributed by atoms with Crippen molar-refractivity contribution in [2.75, 3.05) is 45.7 Å². The number of ether oxygens (including phenoxy) is 1. The van der Waals surface area contributed by atoms with E-state index in [1.54, 1.807) is 29.3 Å². The summed E-state index contributed by atoms with van der Waals surface area (Å²) in [5.41, 5.74) is 1.18. The van der Waals surface area contributed by atoms with Gasteiger partial charge in [0.15, 0.2) is 5.82 Å². The van der Waals surface area contributed by atoms with Gasteiger partial charge in [-0.2, -0.15) is 9.97 Å². The Morgan fingerprint density at radius 1 is 1.24 bits per heavy atom. The third-order valence-corrected chi connectivity index (χ3v) is 7.70. The Labute approximate surface area is 243 Å². The molecular formula is C32H34F3N5O2. The van der Waals surface area contributed by atoms with E-state index < -0.39 is 11.7 Å². The maximum absolute atomic E-state index is 16.0. The first-order valence-electron chi connectivity index (χ1n) is 13.9. The fourth-order valence-corrected chi connectivity index (χ4v) is 5.55. The molecule has 10 heteroatoms. The zero-order chi connectivity index (χ0) is 30.2. The first-order valence-corrected chi connectivity index (χ1v) is 13.9. The fraction of sp³-hybridized carbons (Fsp3) is 0.406. The number of terminal acetylenes is 1. The molecule has 7 nitrogen and oxygen atoms in total. The van der Waals surface area contributed by atoms with E-state index in [4.69, 9.17) is 11.2 Å². The van der Waals surface area contributed by atoms with Crippen molar-refractivity contribution in [3.8, 4) is 35.4 Å². The molecule has 1 N–H and O–H groups in total. The highest BCUT2D eigenvalue weighted by atomic mass is 19.3. The molecule has 0 radical (unpaired) electrons. The molecule has 0 bridgehead atoms. The minimum atomic E-state index is -2.34. The van der Waals surface area contributed by atoms with Crippen molar-refractivity contribution in [2.45, 2.75) is 32.1 Å². The van der Waals surface area contributed by atoms with E-state index in [9.17, 15) is 13.9 Å². The monoisotopic (exact) mass is 577 g/mol. The van der Waals surface area contributed by atoms with Crippen LogP contribution in [0.2, 0.25) is 0 Å². The third-order valence-electron chi connectivity index (χ3n) is 7.70. The van der Waals surface area contributed by atoms with Gasteiger partial charge in [0.05, 0.1) is 12.5 Å².